The fraction of sp³-hybridized carbons (Fsp3) is 0.389. The molecule has 0 saturated carbocycles. The van der Waals surface area contributed by atoms with E-state index in [4.69, 9.17) is 4.74 Å². The standard InChI is InChI=1S/C18H23NO2/c1-13(2)11-12-18(5)17(20)19(14(3)15(4)21-18)16-9-7-6-8-10-16/h6-10,13H,3-4,11-12H2,1-2,5H3. The Morgan fingerprint density at radius 3 is 2.43 bits per heavy atom. The Balaban J connectivity index is 2.34. The third-order valence-electron chi connectivity index (χ3n) is 3.81. The first-order valence-corrected chi connectivity index (χ1v) is 7.32. The highest BCUT2D eigenvalue weighted by atomic mass is 16.5. The lowest BCUT2D eigenvalue weighted by Crippen LogP contribution is -2.53. The molecule has 21 heavy (non-hydrogen) atoms. The van der Waals surface area contributed by atoms with E-state index in [0.717, 1.165) is 12.1 Å². The van der Waals surface area contributed by atoms with Crippen LogP contribution in [0.3, 0.4) is 0 Å². The molecule has 1 heterocycles. The Bertz CT molecular complexity index is 562. The Morgan fingerprint density at radius 2 is 1.86 bits per heavy atom. The van der Waals surface area contributed by atoms with Gasteiger partial charge in [0.1, 0.15) is 5.76 Å². The summed E-state index contributed by atoms with van der Waals surface area (Å²) in [6.07, 6.45) is 1.59. The van der Waals surface area contributed by atoms with Crippen molar-refractivity contribution >= 4 is 11.6 Å². The zero-order chi connectivity index (χ0) is 15.6. The third-order valence-corrected chi connectivity index (χ3v) is 3.81. The smallest absolute Gasteiger partial charge is 0.275 e. The summed E-state index contributed by atoms with van der Waals surface area (Å²) in [5.41, 5.74) is 0.430. The maximum absolute atomic E-state index is 12.9. The highest BCUT2D eigenvalue weighted by Crippen LogP contribution is 2.37. The average Bonchev–Trinajstić information content (AvgIpc) is 2.45. The van der Waals surface area contributed by atoms with Gasteiger partial charge in [-0.15, -0.1) is 0 Å². The summed E-state index contributed by atoms with van der Waals surface area (Å²) >= 11 is 0. The summed E-state index contributed by atoms with van der Waals surface area (Å²) in [6.45, 7) is 14.0. The number of para-hydroxylation sites is 1. The van der Waals surface area contributed by atoms with Crippen LogP contribution < -0.4 is 4.90 Å². The van der Waals surface area contributed by atoms with Gasteiger partial charge in [-0.1, -0.05) is 45.2 Å². The lowest BCUT2D eigenvalue weighted by Gasteiger charge is -2.42. The van der Waals surface area contributed by atoms with E-state index >= 15 is 0 Å². The van der Waals surface area contributed by atoms with Crippen LogP contribution in [-0.4, -0.2) is 11.5 Å². The second kappa shape index (κ2) is 5.76. The molecule has 0 spiro atoms. The molecule has 0 aromatic heterocycles. The molecule has 1 aromatic carbocycles. The molecule has 1 atom stereocenters. The van der Waals surface area contributed by atoms with Crippen LogP contribution >= 0.6 is 0 Å². The second-order valence-electron chi connectivity index (χ2n) is 6.11. The molecule has 1 unspecified atom stereocenters. The van der Waals surface area contributed by atoms with Gasteiger partial charge in [0.05, 0.1) is 5.70 Å². The van der Waals surface area contributed by atoms with Gasteiger partial charge in [0, 0.05) is 5.69 Å². The first-order chi connectivity index (χ1) is 9.85. The number of carbonyl (C=O) groups is 1. The van der Waals surface area contributed by atoms with Gasteiger partial charge in [-0.25, -0.2) is 0 Å². The first-order valence-electron chi connectivity index (χ1n) is 7.32. The zero-order valence-electron chi connectivity index (χ0n) is 13.1. The highest BCUT2D eigenvalue weighted by Gasteiger charge is 2.45. The van der Waals surface area contributed by atoms with Crippen LogP contribution in [-0.2, 0) is 9.53 Å². The van der Waals surface area contributed by atoms with Crippen molar-refractivity contribution in [3.63, 3.8) is 0 Å². The lowest BCUT2D eigenvalue weighted by molar-refractivity contribution is -0.140. The minimum Gasteiger partial charge on any atom is -0.476 e. The number of hydrogen-bond acceptors (Lipinski definition) is 2. The Hall–Kier alpha value is -2.03. The number of ether oxygens (including phenoxy) is 1. The van der Waals surface area contributed by atoms with Crippen molar-refractivity contribution in [2.45, 2.75) is 39.2 Å². The molecule has 1 aliphatic heterocycles. The van der Waals surface area contributed by atoms with Gasteiger partial charge in [0.15, 0.2) is 5.60 Å². The van der Waals surface area contributed by atoms with Crippen molar-refractivity contribution in [1.29, 1.82) is 0 Å². The molecule has 0 N–H and O–H groups in total. The van der Waals surface area contributed by atoms with E-state index in [2.05, 4.69) is 27.0 Å². The SMILES string of the molecule is C=C1OC(C)(CCC(C)C)C(=O)N(c2ccccc2)C1=C. The van der Waals surface area contributed by atoms with Crippen LogP contribution in [0, 0.1) is 5.92 Å². The zero-order valence-corrected chi connectivity index (χ0v) is 13.1. The van der Waals surface area contributed by atoms with Gasteiger partial charge >= 0.3 is 0 Å². The molecule has 0 bridgehead atoms. The van der Waals surface area contributed by atoms with E-state index in [1.54, 1.807) is 4.90 Å². The quantitative estimate of drug-likeness (QED) is 0.826. The van der Waals surface area contributed by atoms with Gasteiger partial charge in [-0.3, -0.25) is 9.69 Å². The van der Waals surface area contributed by atoms with Gasteiger partial charge < -0.3 is 4.74 Å². The van der Waals surface area contributed by atoms with E-state index in [9.17, 15) is 4.79 Å². The van der Waals surface area contributed by atoms with E-state index in [-0.39, 0.29) is 5.91 Å². The third kappa shape index (κ3) is 3.02. The molecule has 1 aliphatic rings. The molecule has 0 radical (unpaired) electrons. The maximum Gasteiger partial charge on any atom is 0.275 e. The van der Waals surface area contributed by atoms with E-state index < -0.39 is 5.60 Å². The minimum atomic E-state index is -0.877. The van der Waals surface area contributed by atoms with E-state index in [0.29, 0.717) is 23.8 Å². The largest absolute Gasteiger partial charge is 0.476 e. The maximum atomic E-state index is 12.9. The summed E-state index contributed by atoms with van der Waals surface area (Å²) in [7, 11) is 0. The van der Waals surface area contributed by atoms with Crippen molar-refractivity contribution in [3.8, 4) is 0 Å². The second-order valence-corrected chi connectivity index (χ2v) is 6.11. The molecule has 1 saturated heterocycles. The van der Waals surface area contributed by atoms with Crippen molar-refractivity contribution in [2.24, 2.45) is 5.92 Å². The van der Waals surface area contributed by atoms with Crippen LogP contribution in [0.25, 0.3) is 0 Å². The van der Waals surface area contributed by atoms with Crippen molar-refractivity contribution in [1.82, 2.24) is 0 Å². The molecule has 1 aromatic rings. The van der Waals surface area contributed by atoms with Crippen molar-refractivity contribution < 1.29 is 9.53 Å². The van der Waals surface area contributed by atoms with Gasteiger partial charge in [0.2, 0.25) is 0 Å². The molecular formula is C18H23NO2. The molecule has 1 fully saturated rings. The van der Waals surface area contributed by atoms with Gasteiger partial charge in [0.25, 0.3) is 5.91 Å². The minimum absolute atomic E-state index is 0.0771. The molecule has 3 nitrogen and oxygen atoms in total. The summed E-state index contributed by atoms with van der Waals surface area (Å²) in [5.74, 6) is 0.901. The van der Waals surface area contributed by atoms with Gasteiger partial charge in [-0.05, 0) is 37.8 Å². The van der Waals surface area contributed by atoms with Crippen molar-refractivity contribution in [3.05, 3.63) is 54.9 Å². The summed E-state index contributed by atoms with van der Waals surface area (Å²) < 4.78 is 5.82. The molecular weight excluding hydrogens is 262 g/mol. The number of amides is 1. The number of carbonyl (C=O) groups excluding carboxylic acids is 1. The average molecular weight is 285 g/mol. The number of benzene rings is 1. The predicted octanol–water partition coefficient (Wildman–Crippen LogP) is 4.27. The fourth-order valence-corrected chi connectivity index (χ4v) is 2.43. The van der Waals surface area contributed by atoms with Gasteiger partial charge in [-0.2, -0.15) is 0 Å². The first kappa shape index (κ1) is 15.4. The monoisotopic (exact) mass is 285 g/mol. The van der Waals surface area contributed by atoms with Crippen LogP contribution in [0.15, 0.2) is 54.9 Å². The number of rotatable bonds is 4. The van der Waals surface area contributed by atoms with Crippen LogP contribution in [0.1, 0.15) is 33.6 Å². The Morgan fingerprint density at radius 1 is 1.24 bits per heavy atom. The molecule has 0 aliphatic carbocycles. The predicted molar refractivity (Wildman–Crippen MR) is 85.8 cm³/mol. The summed E-state index contributed by atoms with van der Waals surface area (Å²) in [6, 6.07) is 9.51. The van der Waals surface area contributed by atoms with Crippen LogP contribution in [0.4, 0.5) is 5.69 Å². The topological polar surface area (TPSA) is 29.5 Å². The molecule has 1 amide bonds. The molecule has 112 valence electrons. The summed E-state index contributed by atoms with van der Waals surface area (Å²) in [5, 5.41) is 0. The number of morpholine rings is 1. The Labute approximate surface area is 126 Å². The number of hydrogen-bond donors (Lipinski definition) is 0. The lowest BCUT2D eigenvalue weighted by atomic mass is 9.91. The highest BCUT2D eigenvalue weighted by molar-refractivity contribution is 6.03. The van der Waals surface area contributed by atoms with E-state index in [1.165, 1.54) is 0 Å². The molecule has 2 rings (SSSR count). The molecule has 3 heteroatoms. The van der Waals surface area contributed by atoms with Crippen LogP contribution in [0.2, 0.25) is 0 Å². The number of nitrogens with zero attached hydrogens (tertiary/aromatic N) is 1. The normalized spacial score (nSPS) is 22.7. The summed E-state index contributed by atoms with van der Waals surface area (Å²) in [4.78, 5) is 14.5. The van der Waals surface area contributed by atoms with Crippen molar-refractivity contribution in [2.75, 3.05) is 4.90 Å². The Kier molecular flexibility index (Phi) is 4.21. The van der Waals surface area contributed by atoms with Crippen LogP contribution in [0.5, 0.6) is 0 Å². The fourth-order valence-electron chi connectivity index (χ4n) is 2.43. The number of anilines is 1. The van der Waals surface area contributed by atoms with E-state index in [1.807, 2.05) is 37.3 Å².